The Labute approximate surface area is 214 Å². The molecule has 1 aliphatic rings. The minimum atomic E-state index is -0.179. The van der Waals surface area contributed by atoms with Crippen LogP contribution in [0.2, 0.25) is 0 Å². The van der Waals surface area contributed by atoms with Crippen LogP contribution in [-0.2, 0) is 32.0 Å². The minimum Gasteiger partial charge on any atom is -0.473 e. The summed E-state index contributed by atoms with van der Waals surface area (Å²) in [6, 6.07) is 2.23. The highest BCUT2D eigenvalue weighted by molar-refractivity contribution is 5.77. The Morgan fingerprint density at radius 3 is 2.78 bits per heavy atom. The first kappa shape index (κ1) is 24.5. The number of nitriles is 1. The standard InChI is InChI=1S/C25H30N10O2/c1-6-34-11-15(2)37-25-22(20(14-36-5)31-33(25)4)19-12-35-16(10-28-24(35)23(27)29-19)7-8-17-18(9-26)30-32(3)21(17)13-34/h7-8,10,12,15H,6,11,13-14H2,1-5H3,(H2,27,29)/b8-7+/t15-/m0/s1. The lowest BCUT2D eigenvalue weighted by atomic mass is 10.1. The number of aromatic nitrogens is 7. The minimum absolute atomic E-state index is 0.179. The average Bonchev–Trinajstić information content (AvgIpc) is 3.51. The van der Waals surface area contributed by atoms with Crippen molar-refractivity contribution in [1.29, 1.82) is 5.26 Å². The van der Waals surface area contributed by atoms with E-state index in [9.17, 15) is 5.26 Å². The number of nitrogen functional groups attached to an aromatic ring is 1. The first-order chi connectivity index (χ1) is 17.8. The Balaban J connectivity index is 1.76. The second-order valence-electron chi connectivity index (χ2n) is 9.11. The summed E-state index contributed by atoms with van der Waals surface area (Å²) in [5, 5.41) is 18.9. The van der Waals surface area contributed by atoms with Crippen molar-refractivity contribution in [2.75, 3.05) is 25.9 Å². The van der Waals surface area contributed by atoms with Gasteiger partial charge in [0.15, 0.2) is 17.2 Å². The van der Waals surface area contributed by atoms with E-state index in [1.807, 2.05) is 43.8 Å². The van der Waals surface area contributed by atoms with Gasteiger partial charge in [0.25, 0.3) is 0 Å². The molecule has 4 aromatic rings. The Morgan fingerprint density at radius 1 is 1.24 bits per heavy atom. The summed E-state index contributed by atoms with van der Waals surface area (Å²) in [7, 11) is 5.33. The van der Waals surface area contributed by atoms with Crippen molar-refractivity contribution in [3.8, 4) is 23.2 Å². The van der Waals surface area contributed by atoms with Gasteiger partial charge in [0, 0.05) is 46.1 Å². The van der Waals surface area contributed by atoms with Gasteiger partial charge in [-0.1, -0.05) is 6.92 Å². The molecule has 0 aromatic carbocycles. The number of rotatable bonds is 3. The van der Waals surface area contributed by atoms with Crippen molar-refractivity contribution < 1.29 is 9.47 Å². The van der Waals surface area contributed by atoms with Crippen LogP contribution in [0.1, 0.15) is 42.2 Å². The molecule has 0 spiro atoms. The molecule has 0 saturated carbocycles. The number of ether oxygens (including phenoxy) is 2. The van der Waals surface area contributed by atoms with Crippen LogP contribution in [0.4, 0.5) is 5.82 Å². The molecule has 2 bridgehead atoms. The molecule has 0 unspecified atom stereocenters. The lowest BCUT2D eigenvalue weighted by Crippen LogP contribution is -2.34. The Morgan fingerprint density at radius 2 is 2.05 bits per heavy atom. The number of likely N-dealkylation sites (N-methyl/N-ethyl adjacent to an activating group) is 1. The van der Waals surface area contributed by atoms with Gasteiger partial charge >= 0.3 is 0 Å². The zero-order chi connectivity index (χ0) is 26.3. The maximum Gasteiger partial charge on any atom is 0.221 e. The smallest absolute Gasteiger partial charge is 0.221 e. The van der Waals surface area contributed by atoms with E-state index in [0.717, 1.165) is 29.1 Å². The van der Waals surface area contributed by atoms with Gasteiger partial charge < -0.3 is 15.2 Å². The summed E-state index contributed by atoms with van der Waals surface area (Å²) in [5.74, 6) is 0.867. The zero-order valence-electron chi connectivity index (χ0n) is 21.6. The first-order valence-electron chi connectivity index (χ1n) is 12.1. The molecule has 0 radical (unpaired) electrons. The van der Waals surface area contributed by atoms with Gasteiger partial charge in [-0.05, 0) is 25.6 Å². The van der Waals surface area contributed by atoms with Crippen molar-refractivity contribution in [3.63, 3.8) is 0 Å². The molecule has 0 aliphatic carbocycles. The van der Waals surface area contributed by atoms with E-state index in [1.165, 1.54) is 0 Å². The quantitative estimate of drug-likeness (QED) is 0.447. The fourth-order valence-corrected chi connectivity index (χ4v) is 4.76. The van der Waals surface area contributed by atoms with Crippen LogP contribution >= 0.6 is 0 Å². The van der Waals surface area contributed by atoms with E-state index in [0.29, 0.717) is 41.7 Å². The second kappa shape index (κ2) is 9.68. The third kappa shape index (κ3) is 4.32. The number of fused-ring (bicyclic) bond motifs is 4. The summed E-state index contributed by atoms with van der Waals surface area (Å²) in [4.78, 5) is 11.4. The summed E-state index contributed by atoms with van der Waals surface area (Å²) < 4.78 is 17.3. The topological polar surface area (TPSA) is 137 Å². The molecule has 4 aromatic heterocycles. The van der Waals surface area contributed by atoms with E-state index >= 15 is 0 Å². The summed E-state index contributed by atoms with van der Waals surface area (Å²) in [6.07, 6.45) is 7.26. The SMILES string of the molecule is CCN1Cc2c(c(C#N)nn2C)/C=C/c2cnc3c(N)nc(cn23)-c2c(COC)nn(C)c2O[C@@H](C)C1. The molecule has 5 rings (SSSR count). The highest BCUT2D eigenvalue weighted by atomic mass is 16.5. The number of anilines is 1. The lowest BCUT2D eigenvalue weighted by molar-refractivity contribution is 0.134. The number of aryl methyl sites for hydroxylation is 2. The molecule has 5 heterocycles. The van der Waals surface area contributed by atoms with Crippen molar-refractivity contribution in [2.24, 2.45) is 14.1 Å². The molecule has 1 atom stereocenters. The van der Waals surface area contributed by atoms with Gasteiger partial charge in [0.1, 0.15) is 17.9 Å². The molecule has 12 nitrogen and oxygen atoms in total. The Bertz CT molecular complexity index is 1540. The molecular formula is C25H30N10O2. The molecule has 1 aliphatic heterocycles. The van der Waals surface area contributed by atoms with Crippen LogP contribution in [-0.4, -0.2) is 65.1 Å². The first-order valence-corrected chi connectivity index (χ1v) is 12.1. The van der Waals surface area contributed by atoms with Crippen molar-refractivity contribution in [3.05, 3.63) is 40.7 Å². The molecular weight excluding hydrogens is 472 g/mol. The Hall–Kier alpha value is -4.21. The monoisotopic (exact) mass is 502 g/mol. The number of hydrogen-bond donors (Lipinski definition) is 1. The third-order valence-electron chi connectivity index (χ3n) is 6.53. The zero-order valence-corrected chi connectivity index (χ0v) is 21.6. The number of methoxy groups -OCH3 is 1. The summed E-state index contributed by atoms with van der Waals surface area (Å²) in [5.41, 5.74) is 11.8. The van der Waals surface area contributed by atoms with Crippen molar-refractivity contribution in [1.82, 2.24) is 38.8 Å². The van der Waals surface area contributed by atoms with Crippen LogP contribution < -0.4 is 10.5 Å². The van der Waals surface area contributed by atoms with Gasteiger partial charge in [-0.15, -0.1) is 0 Å². The fraction of sp³-hybridized carbons (Fsp3) is 0.400. The van der Waals surface area contributed by atoms with Gasteiger partial charge in [-0.25, -0.2) is 14.6 Å². The van der Waals surface area contributed by atoms with Crippen LogP contribution in [0.3, 0.4) is 0 Å². The molecule has 12 heteroatoms. The van der Waals surface area contributed by atoms with Crippen LogP contribution in [0.5, 0.6) is 5.88 Å². The third-order valence-corrected chi connectivity index (χ3v) is 6.53. The van der Waals surface area contributed by atoms with Gasteiger partial charge in [0.2, 0.25) is 5.88 Å². The fourth-order valence-electron chi connectivity index (χ4n) is 4.76. The molecule has 0 amide bonds. The maximum atomic E-state index is 9.76. The molecule has 2 N–H and O–H groups in total. The van der Waals surface area contributed by atoms with Crippen LogP contribution in [0.15, 0.2) is 12.4 Å². The second-order valence-corrected chi connectivity index (χ2v) is 9.11. The lowest BCUT2D eigenvalue weighted by Gasteiger charge is -2.25. The van der Waals surface area contributed by atoms with E-state index < -0.39 is 0 Å². The average molecular weight is 503 g/mol. The number of nitrogens with two attached hydrogens (primary N) is 1. The van der Waals surface area contributed by atoms with Gasteiger partial charge in [0.05, 0.1) is 35.4 Å². The van der Waals surface area contributed by atoms with Gasteiger partial charge in [-0.2, -0.15) is 15.5 Å². The molecule has 0 fully saturated rings. The molecule has 192 valence electrons. The van der Waals surface area contributed by atoms with Crippen LogP contribution in [0, 0.1) is 11.3 Å². The molecule has 37 heavy (non-hydrogen) atoms. The summed E-state index contributed by atoms with van der Waals surface area (Å²) in [6.45, 7) is 6.46. The van der Waals surface area contributed by atoms with Crippen molar-refractivity contribution in [2.45, 2.75) is 33.1 Å². The van der Waals surface area contributed by atoms with E-state index in [2.05, 4.69) is 38.1 Å². The number of nitrogens with zero attached hydrogens (tertiary/aromatic N) is 9. The van der Waals surface area contributed by atoms with Crippen molar-refractivity contribution >= 4 is 23.6 Å². The van der Waals surface area contributed by atoms with E-state index in [1.54, 1.807) is 22.7 Å². The van der Waals surface area contributed by atoms with Crippen LogP contribution in [0.25, 0.3) is 29.1 Å². The summed E-state index contributed by atoms with van der Waals surface area (Å²) >= 11 is 0. The Kier molecular flexibility index (Phi) is 6.41. The number of hydrogen-bond acceptors (Lipinski definition) is 9. The van der Waals surface area contributed by atoms with Gasteiger partial charge in [-0.3, -0.25) is 14.0 Å². The number of imidazole rings is 1. The maximum absolute atomic E-state index is 9.76. The highest BCUT2D eigenvalue weighted by Crippen LogP contribution is 2.35. The normalized spacial score (nSPS) is 17.0. The van der Waals surface area contributed by atoms with E-state index in [4.69, 9.17) is 15.2 Å². The predicted molar refractivity (Wildman–Crippen MR) is 138 cm³/mol. The van der Waals surface area contributed by atoms with E-state index in [-0.39, 0.29) is 18.5 Å². The highest BCUT2D eigenvalue weighted by Gasteiger charge is 2.25. The molecule has 0 saturated heterocycles. The predicted octanol–water partition coefficient (Wildman–Crippen LogP) is 2.24. The largest absolute Gasteiger partial charge is 0.473 e.